The van der Waals surface area contributed by atoms with Crippen LogP contribution in [0.3, 0.4) is 0 Å². The van der Waals surface area contributed by atoms with Gasteiger partial charge < -0.3 is 5.73 Å². The lowest BCUT2D eigenvalue weighted by atomic mass is 10.0. The van der Waals surface area contributed by atoms with Crippen LogP contribution in [0.1, 0.15) is 17.2 Å². The highest BCUT2D eigenvalue weighted by Gasteiger charge is 2.16. The fraction of sp³-hybridized carbons (Fsp3) is 0.182. The maximum absolute atomic E-state index is 13.7. The number of aromatic nitrogens is 2. The Balaban J connectivity index is 2.41. The summed E-state index contributed by atoms with van der Waals surface area (Å²) >= 11 is 5.70. The third-order valence-corrected chi connectivity index (χ3v) is 2.69. The lowest BCUT2D eigenvalue weighted by Gasteiger charge is -2.11. The maximum atomic E-state index is 13.7. The van der Waals surface area contributed by atoms with Crippen LogP contribution >= 0.6 is 11.6 Å². The molecule has 1 aromatic carbocycles. The number of nitrogens with zero attached hydrogens (tertiary/aromatic N) is 2. The van der Waals surface area contributed by atoms with E-state index in [9.17, 15) is 4.39 Å². The average molecular weight is 240 g/mol. The van der Waals surface area contributed by atoms with Crippen molar-refractivity contribution in [1.29, 1.82) is 0 Å². The van der Waals surface area contributed by atoms with Crippen LogP contribution in [0.15, 0.2) is 30.6 Å². The first-order chi connectivity index (χ1) is 7.59. The lowest BCUT2D eigenvalue weighted by Crippen LogP contribution is -2.13. The van der Waals surface area contributed by atoms with Gasteiger partial charge in [0.05, 0.1) is 17.3 Å². The Morgan fingerprint density at radius 1 is 1.50 bits per heavy atom. The van der Waals surface area contributed by atoms with Crippen LogP contribution in [0.2, 0.25) is 5.02 Å². The number of benzene rings is 1. The van der Waals surface area contributed by atoms with Gasteiger partial charge in [-0.1, -0.05) is 23.7 Å². The normalized spacial score (nSPS) is 12.8. The third-order valence-electron chi connectivity index (χ3n) is 2.40. The first kappa shape index (κ1) is 11.1. The Kier molecular flexibility index (Phi) is 2.94. The molecule has 2 rings (SSSR count). The molecule has 0 fully saturated rings. The number of hydrogen-bond acceptors (Lipinski definition) is 2. The second-order valence-electron chi connectivity index (χ2n) is 3.57. The van der Waals surface area contributed by atoms with E-state index in [1.54, 1.807) is 36.3 Å². The molecule has 0 saturated carbocycles. The van der Waals surface area contributed by atoms with E-state index < -0.39 is 11.9 Å². The predicted molar refractivity (Wildman–Crippen MR) is 60.6 cm³/mol. The van der Waals surface area contributed by atoms with Gasteiger partial charge in [0, 0.05) is 24.4 Å². The van der Waals surface area contributed by atoms with Gasteiger partial charge in [-0.25, -0.2) is 4.39 Å². The molecule has 84 valence electrons. The summed E-state index contributed by atoms with van der Waals surface area (Å²) in [4.78, 5) is 0. The fourth-order valence-electron chi connectivity index (χ4n) is 1.54. The number of rotatable bonds is 2. The van der Waals surface area contributed by atoms with E-state index in [0.717, 1.165) is 5.56 Å². The number of aryl methyl sites for hydroxylation is 1. The van der Waals surface area contributed by atoms with E-state index in [-0.39, 0.29) is 5.02 Å². The first-order valence-corrected chi connectivity index (χ1v) is 5.15. The highest BCUT2D eigenvalue weighted by atomic mass is 35.5. The monoisotopic (exact) mass is 239 g/mol. The van der Waals surface area contributed by atoms with Gasteiger partial charge in [-0.2, -0.15) is 5.10 Å². The molecule has 0 saturated heterocycles. The maximum Gasteiger partial charge on any atom is 0.146 e. The van der Waals surface area contributed by atoms with Crippen LogP contribution in [-0.2, 0) is 7.05 Å². The van der Waals surface area contributed by atoms with E-state index in [4.69, 9.17) is 17.3 Å². The zero-order valence-electron chi connectivity index (χ0n) is 8.69. The van der Waals surface area contributed by atoms with Crippen molar-refractivity contribution in [3.05, 3.63) is 52.6 Å². The molecule has 5 heteroatoms. The van der Waals surface area contributed by atoms with Gasteiger partial charge >= 0.3 is 0 Å². The lowest BCUT2D eigenvalue weighted by molar-refractivity contribution is 0.600. The van der Waals surface area contributed by atoms with Crippen LogP contribution in [0.4, 0.5) is 4.39 Å². The molecule has 1 heterocycles. The van der Waals surface area contributed by atoms with Gasteiger partial charge in [0.15, 0.2) is 0 Å². The van der Waals surface area contributed by atoms with Gasteiger partial charge in [0.1, 0.15) is 5.82 Å². The molecule has 0 radical (unpaired) electrons. The molecule has 0 aliphatic carbocycles. The molecule has 0 aliphatic rings. The summed E-state index contributed by atoms with van der Waals surface area (Å²) in [5, 5.41) is 4.08. The second kappa shape index (κ2) is 4.23. The summed E-state index contributed by atoms with van der Waals surface area (Å²) in [6.07, 6.45) is 3.37. The second-order valence-corrected chi connectivity index (χ2v) is 3.98. The number of halogens is 2. The van der Waals surface area contributed by atoms with Crippen LogP contribution in [-0.4, -0.2) is 9.78 Å². The highest BCUT2D eigenvalue weighted by molar-refractivity contribution is 6.30. The zero-order valence-corrected chi connectivity index (χ0v) is 9.45. The van der Waals surface area contributed by atoms with Crippen molar-refractivity contribution in [2.45, 2.75) is 6.04 Å². The topological polar surface area (TPSA) is 43.8 Å². The molecule has 2 N–H and O–H groups in total. The van der Waals surface area contributed by atoms with Crippen molar-refractivity contribution >= 4 is 11.6 Å². The predicted octanol–water partition coefficient (Wildman–Crippen LogP) is 2.26. The summed E-state index contributed by atoms with van der Waals surface area (Å²) in [6.45, 7) is 0. The molecular formula is C11H11ClFN3. The van der Waals surface area contributed by atoms with E-state index >= 15 is 0 Å². The Morgan fingerprint density at radius 2 is 2.25 bits per heavy atom. The molecule has 0 bridgehead atoms. The molecule has 1 atom stereocenters. The van der Waals surface area contributed by atoms with Crippen LogP contribution in [0.5, 0.6) is 0 Å². The summed E-state index contributed by atoms with van der Waals surface area (Å²) < 4.78 is 15.3. The molecular weight excluding hydrogens is 229 g/mol. The zero-order chi connectivity index (χ0) is 11.7. The van der Waals surface area contributed by atoms with Crippen molar-refractivity contribution in [3.63, 3.8) is 0 Å². The summed E-state index contributed by atoms with van der Waals surface area (Å²) in [7, 11) is 1.78. The molecule has 0 amide bonds. The Bertz CT molecular complexity index is 510. The van der Waals surface area contributed by atoms with Crippen molar-refractivity contribution in [2.75, 3.05) is 0 Å². The van der Waals surface area contributed by atoms with Gasteiger partial charge in [-0.15, -0.1) is 0 Å². The van der Waals surface area contributed by atoms with Crippen LogP contribution < -0.4 is 5.73 Å². The molecule has 1 unspecified atom stereocenters. The minimum absolute atomic E-state index is 0.0804. The molecule has 2 aromatic rings. The van der Waals surface area contributed by atoms with Gasteiger partial charge in [0.25, 0.3) is 0 Å². The molecule has 16 heavy (non-hydrogen) atoms. The SMILES string of the molecule is Cn1cc(C(N)c2cccc(Cl)c2F)cn1. The summed E-state index contributed by atoms with van der Waals surface area (Å²) in [6, 6.07) is 4.25. The van der Waals surface area contributed by atoms with Gasteiger partial charge in [-0.05, 0) is 6.07 Å². The fourth-order valence-corrected chi connectivity index (χ4v) is 1.72. The number of hydrogen-bond donors (Lipinski definition) is 1. The first-order valence-electron chi connectivity index (χ1n) is 4.77. The minimum Gasteiger partial charge on any atom is -0.320 e. The largest absolute Gasteiger partial charge is 0.320 e. The van der Waals surface area contributed by atoms with E-state index in [1.807, 2.05) is 0 Å². The van der Waals surface area contributed by atoms with Crippen molar-refractivity contribution in [2.24, 2.45) is 12.8 Å². The Morgan fingerprint density at radius 3 is 2.88 bits per heavy atom. The highest BCUT2D eigenvalue weighted by Crippen LogP contribution is 2.25. The minimum atomic E-state index is -0.549. The van der Waals surface area contributed by atoms with Crippen LogP contribution in [0, 0.1) is 5.82 Å². The van der Waals surface area contributed by atoms with Gasteiger partial charge in [0.2, 0.25) is 0 Å². The molecule has 0 aliphatic heterocycles. The third kappa shape index (κ3) is 1.94. The standard InChI is InChI=1S/C11H11ClFN3/c1-16-6-7(5-15-16)11(14)8-3-2-4-9(12)10(8)13/h2-6,11H,14H2,1H3. The summed E-state index contributed by atoms with van der Waals surface area (Å²) in [5.41, 5.74) is 7.08. The van der Waals surface area contributed by atoms with Crippen molar-refractivity contribution in [1.82, 2.24) is 9.78 Å². The number of nitrogens with two attached hydrogens (primary N) is 1. The molecule has 3 nitrogen and oxygen atoms in total. The van der Waals surface area contributed by atoms with Crippen molar-refractivity contribution in [3.8, 4) is 0 Å². The Labute approximate surface area is 97.6 Å². The van der Waals surface area contributed by atoms with Crippen molar-refractivity contribution < 1.29 is 4.39 Å². The smallest absolute Gasteiger partial charge is 0.146 e. The molecule has 1 aromatic heterocycles. The van der Waals surface area contributed by atoms with E-state index in [0.29, 0.717) is 5.56 Å². The Hall–Kier alpha value is -1.39. The molecule has 0 spiro atoms. The van der Waals surface area contributed by atoms with E-state index in [1.165, 1.54) is 6.07 Å². The van der Waals surface area contributed by atoms with E-state index in [2.05, 4.69) is 5.10 Å². The van der Waals surface area contributed by atoms with Gasteiger partial charge in [-0.3, -0.25) is 4.68 Å². The average Bonchev–Trinajstić information content (AvgIpc) is 2.68. The van der Waals surface area contributed by atoms with Crippen LogP contribution in [0.25, 0.3) is 0 Å². The summed E-state index contributed by atoms with van der Waals surface area (Å²) in [5.74, 6) is -0.472. The quantitative estimate of drug-likeness (QED) is 0.874.